The van der Waals surface area contributed by atoms with E-state index < -0.39 is 0 Å². The minimum Gasteiger partial charge on any atom is -0.458 e. The summed E-state index contributed by atoms with van der Waals surface area (Å²) in [5, 5.41) is 20.3. The minimum atomic E-state index is -0.309. The van der Waals surface area contributed by atoms with Crippen molar-refractivity contribution >= 4 is 5.97 Å². The first-order chi connectivity index (χ1) is 13.6. The third-order valence-corrected chi connectivity index (χ3v) is 8.99. The van der Waals surface area contributed by atoms with E-state index in [0.29, 0.717) is 30.7 Å². The Hall–Kier alpha value is -0.910. The van der Waals surface area contributed by atoms with Crippen LogP contribution >= 0.6 is 0 Å². The SMILES string of the molecule is C=C1C(OC(=O)C(C)C)C[C@H]2[C@H](CN)[C@@H]([C@@]3(C)CC[C@H](O)C[C@@H]3CO)CC[C@]12C. The third kappa shape index (κ3) is 3.79. The Balaban J connectivity index is 1.86. The maximum Gasteiger partial charge on any atom is 0.308 e. The molecule has 29 heavy (non-hydrogen) atoms. The predicted octanol–water partition coefficient (Wildman–Crippen LogP) is 3.28. The van der Waals surface area contributed by atoms with E-state index >= 15 is 0 Å². The Morgan fingerprint density at radius 2 is 1.93 bits per heavy atom. The van der Waals surface area contributed by atoms with Crippen LogP contribution in [0.2, 0.25) is 0 Å². The Bertz CT molecular complexity index is 634. The number of rotatable bonds is 5. The smallest absolute Gasteiger partial charge is 0.308 e. The van der Waals surface area contributed by atoms with Gasteiger partial charge in [-0.15, -0.1) is 0 Å². The fourth-order valence-electron chi connectivity index (χ4n) is 6.89. The van der Waals surface area contributed by atoms with Gasteiger partial charge in [0.1, 0.15) is 6.10 Å². The molecule has 0 aliphatic heterocycles. The lowest BCUT2D eigenvalue weighted by Crippen LogP contribution is -2.52. The summed E-state index contributed by atoms with van der Waals surface area (Å²) in [5.74, 6) is 0.854. The summed E-state index contributed by atoms with van der Waals surface area (Å²) in [4.78, 5) is 12.2. The van der Waals surface area contributed by atoms with Crippen LogP contribution in [0.3, 0.4) is 0 Å². The van der Waals surface area contributed by atoms with Crippen LogP contribution in [-0.2, 0) is 9.53 Å². The number of aliphatic hydroxyl groups excluding tert-OH is 2. The van der Waals surface area contributed by atoms with E-state index in [1.54, 1.807) is 0 Å². The Morgan fingerprint density at radius 3 is 2.52 bits per heavy atom. The number of nitrogens with two attached hydrogens (primary N) is 1. The van der Waals surface area contributed by atoms with E-state index in [2.05, 4.69) is 20.4 Å². The van der Waals surface area contributed by atoms with Gasteiger partial charge in [-0.25, -0.2) is 0 Å². The highest BCUT2D eigenvalue weighted by Gasteiger charge is 2.59. The van der Waals surface area contributed by atoms with Crippen molar-refractivity contribution in [2.75, 3.05) is 13.2 Å². The van der Waals surface area contributed by atoms with E-state index in [9.17, 15) is 15.0 Å². The van der Waals surface area contributed by atoms with Crippen LogP contribution < -0.4 is 5.73 Å². The zero-order valence-electron chi connectivity index (χ0n) is 18.7. The molecule has 3 fully saturated rings. The molecule has 3 saturated carbocycles. The summed E-state index contributed by atoms with van der Waals surface area (Å²) >= 11 is 0. The molecule has 5 heteroatoms. The highest BCUT2D eigenvalue weighted by Crippen LogP contribution is 2.63. The van der Waals surface area contributed by atoms with Crippen LogP contribution in [0.4, 0.5) is 0 Å². The highest BCUT2D eigenvalue weighted by atomic mass is 16.5. The van der Waals surface area contributed by atoms with Crippen molar-refractivity contribution in [3.63, 3.8) is 0 Å². The average molecular weight is 408 g/mol. The van der Waals surface area contributed by atoms with Crippen molar-refractivity contribution < 1.29 is 19.7 Å². The van der Waals surface area contributed by atoms with E-state index in [4.69, 9.17) is 10.5 Å². The van der Waals surface area contributed by atoms with E-state index in [1.165, 1.54) is 0 Å². The predicted molar refractivity (Wildman–Crippen MR) is 114 cm³/mol. The first-order valence-corrected chi connectivity index (χ1v) is 11.5. The molecule has 0 bridgehead atoms. The first-order valence-electron chi connectivity index (χ1n) is 11.5. The second-order valence-corrected chi connectivity index (χ2v) is 10.7. The lowest BCUT2D eigenvalue weighted by Gasteiger charge is -2.56. The second-order valence-electron chi connectivity index (χ2n) is 10.7. The molecule has 8 atom stereocenters. The molecule has 0 aromatic carbocycles. The van der Waals surface area contributed by atoms with Gasteiger partial charge in [-0.3, -0.25) is 4.79 Å². The normalized spacial score (nSPS) is 45.3. The number of fused-ring (bicyclic) bond motifs is 1. The number of aliphatic hydroxyl groups is 2. The van der Waals surface area contributed by atoms with Crippen molar-refractivity contribution in [3.05, 3.63) is 12.2 Å². The molecule has 0 radical (unpaired) electrons. The molecular weight excluding hydrogens is 366 g/mol. The van der Waals surface area contributed by atoms with Crippen LogP contribution in [0.25, 0.3) is 0 Å². The van der Waals surface area contributed by atoms with Crippen LogP contribution in [0, 0.1) is 40.4 Å². The Kier molecular flexibility index (Phi) is 6.53. The minimum absolute atomic E-state index is 0.0205. The lowest BCUT2D eigenvalue weighted by atomic mass is 9.49. The zero-order chi connectivity index (χ0) is 21.6. The molecule has 0 aromatic rings. The summed E-state index contributed by atoms with van der Waals surface area (Å²) in [7, 11) is 0. The standard InChI is InChI=1S/C24H41NO4/c1-14(2)22(28)29-21-11-20-18(12-25)19(7-9-23(20,4)15(21)3)24(5)8-6-17(27)10-16(24)13-26/h14,16-21,26-27H,3,6-13,25H2,1-2,4-5H3/t16-,17+,18-,19+,20+,21?,23-,24+/m1/s1. The number of hydrogen-bond acceptors (Lipinski definition) is 5. The molecule has 166 valence electrons. The fourth-order valence-corrected chi connectivity index (χ4v) is 6.89. The van der Waals surface area contributed by atoms with Gasteiger partial charge in [0, 0.05) is 6.61 Å². The van der Waals surface area contributed by atoms with Crippen molar-refractivity contribution in [2.45, 2.75) is 78.4 Å². The van der Waals surface area contributed by atoms with E-state index in [1.807, 2.05) is 13.8 Å². The molecule has 0 amide bonds. The first kappa shape index (κ1) is 22.8. The third-order valence-electron chi connectivity index (χ3n) is 8.99. The second kappa shape index (κ2) is 8.32. The maximum atomic E-state index is 12.2. The van der Waals surface area contributed by atoms with Gasteiger partial charge >= 0.3 is 5.97 Å². The molecule has 0 spiro atoms. The lowest BCUT2D eigenvalue weighted by molar-refractivity contribution is -0.151. The molecule has 4 N–H and O–H groups in total. The fraction of sp³-hybridized carbons (Fsp3) is 0.875. The molecule has 1 unspecified atom stereocenters. The largest absolute Gasteiger partial charge is 0.458 e. The average Bonchev–Trinajstić information content (AvgIpc) is 2.93. The van der Waals surface area contributed by atoms with Crippen LogP contribution in [-0.4, -0.2) is 41.5 Å². The number of ether oxygens (including phenoxy) is 1. The Morgan fingerprint density at radius 1 is 1.24 bits per heavy atom. The van der Waals surface area contributed by atoms with E-state index in [-0.39, 0.29) is 47.4 Å². The van der Waals surface area contributed by atoms with Crippen LogP contribution in [0.5, 0.6) is 0 Å². The molecule has 0 saturated heterocycles. The Labute approximate surface area is 176 Å². The molecule has 0 aromatic heterocycles. The molecule has 3 aliphatic carbocycles. The summed E-state index contributed by atoms with van der Waals surface area (Å²) in [6.07, 6.45) is 4.73. The monoisotopic (exact) mass is 407 g/mol. The van der Waals surface area contributed by atoms with Crippen LogP contribution in [0.15, 0.2) is 12.2 Å². The summed E-state index contributed by atoms with van der Waals surface area (Å²) < 4.78 is 5.84. The van der Waals surface area contributed by atoms with Crippen molar-refractivity contribution in [1.82, 2.24) is 0 Å². The van der Waals surface area contributed by atoms with Gasteiger partial charge in [0.25, 0.3) is 0 Å². The molecular formula is C24H41NO4. The molecule has 5 nitrogen and oxygen atoms in total. The van der Waals surface area contributed by atoms with Crippen LogP contribution in [0.1, 0.15) is 66.2 Å². The van der Waals surface area contributed by atoms with Gasteiger partial charge in [0.15, 0.2) is 0 Å². The molecule has 3 rings (SSSR count). The van der Waals surface area contributed by atoms with Crippen molar-refractivity contribution in [1.29, 1.82) is 0 Å². The van der Waals surface area contributed by atoms with Crippen molar-refractivity contribution in [2.24, 2.45) is 46.2 Å². The van der Waals surface area contributed by atoms with Gasteiger partial charge in [-0.05, 0) is 85.1 Å². The zero-order valence-corrected chi connectivity index (χ0v) is 18.7. The quantitative estimate of drug-likeness (QED) is 0.480. The highest BCUT2D eigenvalue weighted by molar-refractivity contribution is 5.72. The number of hydrogen-bond donors (Lipinski definition) is 3. The molecule has 3 aliphatic rings. The van der Waals surface area contributed by atoms with Gasteiger partial charge in [-0.2, -0.15) is 0 Å². The summed E-state index contributed by atoms with van der Waals surface area (Å²) in [6.45, 7) is 13.4. The number of carbonyl (C=O) groups is 1. The van der Waals surface area contributed by atoms with Crippen molar-refractivity contribution in [3.8, 4) is 0 Å². The van der Waals surface area contributed by atoms with Gasteiger partial charge < -0.3 is 20.7 Å². The number of carbonyl (C=O) groups excluding carboxylic acids is 1. The summed E-state index contributed by atoms with van der Waals surface area (Å²) in [6, 6.07) is 0. The van der Waals surface area contributed by atoms with Gasteiger partial charge in [-0.1, -0.05) is 34.3 Å². The van der Waals surface area contributed by atoms with E-state index in [0.717, 1.165) is 37.7 Å². The number of esters is 1. The van der Waals surface area contributed by atoms with Gasteiger partial charge in [0.05, 0.1) is 12.0 Å². The topological polar surface area (TPSA) is 92.8 Å². The molecule has 0 heterocycles. The van der Waals surface area contributed by atoms with Gasteiger partial charge in [0.2, 0.25) is 0 Å². The maximum absolute atomic E-state index is 12.2. The summed E-state index contributed by atoms with van der Waals surface area (Å²) in [5.41, 5.74) is 7.36.